The Morgan fingerprint density at radius 1 is 1.92 bits per heavy atom. The molecule has 0 aliphatic heterocycles. The van der Waals surface area contributed by atoms with E-state index < -0.39 is 12.1 Å². The summed E-state index contributed by atoms with van der Waals surface area (Å²) in [5.74, 6) is -0.716. The number of rotatable bonds is 3. The minimum absolute atomic E-state index is 0.161. The van der Waals surface area contributed by atoms with E-state index in [1.165, 1.54) is 6.20 Å². The number of nitrogens with zero attached hydrogens (tertiary/aromatic N) is 2. The molecular weight excluding hydrogens is 162 g/mol. The lowest BCUT2D eigenvalue weighted by Crippen LogP contribution is -2.15. The molecule has 1 unspecified atom stereocenters. The SMILES string of the molecule is CCOC(=O)C(O)c1cn[nH]n1. The molecule has 6 nitrogen and oxygen atoms in total. The zero-order valence-electron chi connectivity index (χ0n) is 6.52. The first-order valence-corrected chi connectivity index (χ1v) is 3.46. The number of ether oxygens (including phenoxy) is 1. The van der Waals surface area contributed by atoms with Gasteiger partial charge < -0.3 is 9.84 Å². The molecule has 1 atom stereocenters. The number of hydrogen-bond donors (Lipinski definition) is 2. The Bertz CT molecular complexity index is 247. The van der Waals surface area contributed by atoms with Crippen LogP contribution in [0.4, 0.5) is 0 Å². The van der Waals surface area contributed by atoms with Crippen molar-refractivity contribution in [3.8, 4) is 0 Å². The van der Waals surface area contributed by atoms with Crippen LogP contribution in [0.25, 0.3) is 0 Å². The van der Waals surface area contributed by atoms with E-state index in [2.05, 4.69) is 20.1 Å². The molecule has 1 aromatic heterocycles. The Morgan fingerprint density at radius 2 is 2.67 bits per heavy atom. The fraction of sp³-hybridized carbons (Fsp3) is 0.500. The summed E-state index contributed by atoms with van der Waals surface area (Å²) in [5, 5.41) is 18.5. The summed E-state index contributed by atoms with van der Waals surface area (Å²) in [6.45, 7) is 1.89. The van der Waals surface area contributed by atoms with Gasteiger partial charge in [0.15, 0.2) is 6.10 Å². The maximum Gasteiger partial charge on any atom is 0.341 e. The lowest BCUT2D eigenvalue weighted by Gasteiger charge is -2.04. The van der Waals surface area contributed by atoms with Crippen LogP contribution < -0.4 is 0 Å². The van der Waals surface area contributed by atoms with Gasteiger partial charge >= 0.3 is 5.97 Å². The van der Waals surface area contributed by atoms with Crippen LogP contribution in [0.15, 0.2) is 6.20 Å². The topological polar surface area (TPSA) is 88.1 Å². The first kappa shape index (κ1) is 8.66. The Kier molecular flexibility index (Phi) is 2.76. The van der Waals surface area contributed by atoms with Crippen LogP contribution in [0.3, 0.4) is 0 Å². The second-order valence-electron chi connectivity index (χ2n) is 2.05. The van der Waals surface area contributed by atoms with Gasteiger partial charge in [-0.05, 0) is 6.92 Å². The molecule has 1 rings (SSSR count). The third-order valence-corrected chi connectivity index (χ3v) is 1.22. The average Bonchev–Trinajstić information content (AvgIpc) is 2.55. The van der Waals surface area contributed by atoms with Gasteiger partial charge in [0.25, 0.3) is 0 Å². The molecule has 0 spiro atoms. The van der Waals surface area contributed by atoms with Crippen molar-refractivity contribution < 1.29 is 14.6 Å². The van der Waals surface area contributed by atoms with E-state index in [1.54, 1.807) is 6.92 Å². The molecule has 12 heavy (non-hydrogen) atoms. The summed E-state index contributed by atoms with van der Waals surface area (Å²) in [6, 6.07) is 0. The van der Waals surface area contributed by atoms with Crippen molar-refractivity contribution in [2.75, 3.05) is 6.61 Å². The highest BCUT2D eigenvalue weighted by molar-refractivity contribution is 5.75. The number of aliphatic hydroxyl groups excluding tert-OH is 1. The maximum absolute atomic E-state index is 10.9. The predicted molar refractivity (Wildman–Crippen MR) is 38.0 cm³/mol. The van der Waals surface area contributed by atoms with Crippen LogP contribution in [0.2, 0.25) is 0 Å². The van der Waals surface area contributed by atoms with Crippen LogP contribution >= 0.6 is 0 Å². The van der Waals surface area contributed by atoms with Crippen molar-refractivity contribution in [2.24, 2.45) is 0 Å². The van der Waals surface area contributed by atoms with Crippen LogP contribution in [-0.2, 0) is 9.53 Å². The van der Waals surface area contributed by atoms with E-state index >= 15 is 0 Å². The number of nitrogens with one attached hydrogen (secondary N) is 1. The van der Waals surface area contributed by atoms with Gasteiger partial charge in [-0.15, -0.1) is 0 Å². The molecule has 0 radical (unpaired) electrons. The highest BCUT2D eigenvalue weighted by Gasteiger charge is 2.20. The Labute approximate surface area is 68.5 Å². The standard InChI is InChI=1S/C6H9N3O3/c1-2-12-6(11)5(10)4-3-7-9-8-4/h3,5,10H,2H2,1H3,(H,7,8,9). The predicted octanol–water partition coefficient (Wildman–Crippen LogP) is -0.599. The van der Waals surface area contributed by atoms with Gasteiger partial charge in [-0.2, -0.15) is 15.4 Å². The third kappa shape index (κ3) is 1.79. The number of aromatic nitrogens is 3. The van der Waals surface area contributed by atoms with Gasteiger partial charge in [-0.1, -0.05) is 0 Å². The maximum atomic E-state index is 10.9. The Balaban J connectivity index is 2.59. The van der Waals surface area contributed by atoms with Crippen LogP contribution in [-0.4, -0.2) is 33.1 Å². The molecule has 1 aromatic rings. The fourth-order valence-electron chi connectivity index (χ4n) is 0.684. The molecule has 0 fully saturated rings. The van der Waals surface area contributed by atoms with E-state index in [0.29, 0.717) is 0 Å². The smallest absolute Gasteiger partial charge is 0.341 e. The van der Waals surface area contributed by atoms with Gasteiger partial charge in [0.05, 0.1) is 12.8 Å². The minimum Gasteiger partial charge on any atom is -0.464 e. The van der Waals surface area contributed by atoms with E-state index in [9.17, 15) is 9.90 Å². The molecule has 2 N–H and O–H groups in total. The van der Waals surface area contributed by atoms with Crippen LogP contribution in [0.1, 0.15) is 18.7 Å². The van der Waals surface area contributed by atoms with Crippen LogP contribution in [0.5, 0.6) is 0 Å². The lowest BCUT2D eigenvalue weighted by molar-refractivity contribution is -0.153. The lowest BCUT2D eigenvalue weighted by atomic mass is 10.3. The molecule has 66 valence electrons. The van der Waals surface area contributed by atoms with Crippen molar-refractivity contribution in [1.82, 2.24) is 15.4 Å². The second-order valence-corrected chi connectivity index (χ2v) is 2.05. The normalized spacial score (nSPS) is 12.5. The molecule has 0 amide bonds. The molecule has 0 aliphatic carbocycles. The Morgan fingerprint density at radius 3 is 3.17 bits per heavy atom. The molecule has 0 saturated heterocycles. The van der Waals surface area contributed by atoms with Gasteiger partial charge in [-0.25, -0.2) is 4.79 Å². The number of carbonyl (C=O) groups excluding carboxylic acids is 1. The molecule has 6 heteroatoms. The molecule has 0 aromatic carbocycles. The number of esters is 1. The van der Waals surface area contributed by atoms with Crippen molar-refractivity contribution in [3.05, 3.63) is 11.9 Å². The molecule has 0 aliphatic rings. The van der Waals surface area contributed by atoms with Gasteiger partial charge in [0.2, 0.25) is 0 Å². The van der Waals surface area contributed by atoms with Crippen molar-refractivity contribution in [2.45, 2.75) is 13.0 Å². The molecular formula is C6H9N3O3. The first-order chi connectivity index (χ1) is 5.75. The van der Waals surface area contributed by atoms with Crippen LogP contribution in [0, 0.1) is 0 Å². The largest absolute Gasteiger partial charge is 0.464 e. The zero-order valence-corrected chi connectivity index (χ0v) is 6.52. The van der Waals surface area contributed by atoms with E-state index in [0.717, 1.165) is 0 Å². The van der Waals surface area contributed by atoms with E-state index in [4.69, 9.17) is 0 Å². The highest BCUT2D eigenvalue weighted by Crippen LogP contribution is 2.08. The summed E-state index contributed by atoms with van der Waals surface area (Å²) < 4.78 is 4.56. The summed E-state index contributed by atoms with van der Waals surface area (Å²) in [7, 11) is 0. The average molecular weight is 171 g/mol. The number of carbonyl (C=O) groups is 1. The van der Waals surface area contributed by atoms with Crippen molar-refractivity contribution in [3.63, 3.8) is 0 Å². The third-order valence-electron chi connectivity index (χ3n) is 1.22. The summed E-state index contributed by atoms with van der Waals surface area (Å²) >= 11 is 0. The summed E-state index contributed by atoms with van der Waals surface area (Å²) in [5.41, 5.74) is 0.161. The molecule has 1 heterocycles. The zero-order chi connectivity index (χ0) is 8.97. The molecule has 0 saturated carbocycles. The van der Waals surface area contributed by atoms with Gasteiger partial charge in [-0.3, -0.25) is 0 Å². The number of aromatic amines is 1. The first-order valence-electron chi connectivity index (χ1n) is 3.46. The fourth-order valence-corrected chi connectivity index (χ4v) is 0.684. The number of aliphatic hydroxyl groups is 1. The van der Waals surface area contributed by atoms with Crippen molar-refractivity contribution >= 4 is 5.97 Å². The number of hydrogen-bond acceptors (Lipinski definition) is 5. The summed E-state index contributed by atoms with van der Waals surface area (Å²) in [4.78, 5) is 10.9. The van der Waals surface area contributed by atoms with E-state index in [-0.39, 0.29) is 12.3 Å². The van der Waals surface area contributed by atoms with Crippen molar-refractivity contribution in [1.29, 1.82) is 0 Å². The van der Waals surface area contributed by atoms with Gasteiger partial charge in [0.1, 0.15) is 5.69 Å². The highest BCUT2D eigenvalue weighted by atomic mass is 16.5. The summed E-state index contributed by atoms with van der Waals surface area (Å²) in [6.07, 6.45) is -0.0783. The second kappa shape index (κ2) is 3.82. The molecule has 0 bridgehead atoms. The Hall–Kier alpha value is -1.43. The van der Waals surface area contributed by atoms with Gasteiger partial charge in [0, 0.05) is 0 Å². The quantitative estimate of drug-likeness (QED) is 0.593. The number of H-pyrrole nitrogens is 1. The minimum atomic E-state index is -1.34. The van der Waals surface area contributed by atoms with E-state index in [1.807, 2.05) is 0 Å². The monoisotopic (exact) mass is 171 g/mol.